The summed E-state index contributed by atoms with van der Waals surface area (Å²) in [6, 6.07) is 10.9. The molecule has 158 valence electrons. The van der Waals surface area contributed by atoms with Gasteiger partial charge in [-0.2, -0.15) is 0 Å². The van der Waals surface area contributed by atoms with Crippen LogP contribution < -0.4 is 18.9 Å². The first-order valence-corrected chi connectivity index (χ1v) is 9.86. The minimum atomic E-state index is -0.718. The van der Waals surface area contributed by atoms with Crippen molar-refractivity contribution in [2.75, 3.05) is 27.6 Å². The molecule has 0 aliphatic carbocycles. The van der Waals surface area contributed by atoms with E-state index in [1.807, 2.05) is 24.3 Å². The molecule has 2 heterocycles. The molecule has 2 aliphatic rings. The van der Waals surface area contributed by atoms with Crippen LogP contribution in [0.2, 0.25) is 0 Å². The van der Waals surface area contributed by atoms with E-state index in [4.69, 9.17) is 28.4 Å². The minimum Gasteiger partial charge on any atom is -0.497 e. The molecule has 0 aromatic heterocycles. The largest absolute Gasteiger partial charge is 0.497 e. The van der Waals surface area contributed by atoms with Crippen molar-refractivity contribution < 1.29 is 33.2 Å². The lowest BCUT2D eigenvalue weighted by Crippen LogP contribution is -2.25. The van der Waals surface area contributed by atoms with E-state index >= 15 is 0 Å². The van der Waals surface area contributed by atoms with Crippen molar-refractivity contribution in [2.24, 2.45) is 0 Å². The zero-order valence-electron chi connectivity index (χ0n) is 17.2. The first kappa shape index (κ1) is 19.9. The van der Waals surface area contributed by atoms with Gasteiger partial charge in [-0.1, -0.05) is 19.4 Å². The Kier molecular flexibility index (Phi) is 5.70. The molecule has 0 bridgehead atoms. The summed E-state index contributed by atoms with van der Waals surface area (Å²) in [5, 5.41) is 0. The van der Waals surface area contributed by atoms with Crippen LogP contribution in [0.3, 0.4) is 0 Å². The average molecular weight is 412 g/mol. The molecule has 0 saturated heterocycles. The lowest BCUT2D eigenvalue weighted by atomic mass is 9.94. The van der Waals surface area contributed by atoms with Gasteiger partial charge in [0.15, 0.2) is 17.6 Å². The number of hydrogen-bond donors (Lipinski definition) is 0. The van der Waals surface area contributed by atoms with E-state index in [2.05, 4.69) is 6.92 Å². The topological polar surface area (TPSA) is 72.5 Å². The number of carbonyl (C=O) groups excluding carboxylic acids is 1. The Morgan fingerprint density at radius 1 is 1.07 bits per heavy atom. The number of fused-ring (bicyclic) bond motifs is 2. The standard InChI is InChI=1S/C23H24O7/c1-4-5-10-27-22-16-12-15(25-2)7-9-17(16)30-21(20(22)23(24)26-3)14-6-8-18-19(11-14)29-13-28-18/h6-9,11-12,21H,4-5,10,13H2,1-3H3. The summed E-state index contributed by atoms with van der Waals surface area (Å²) in [4.78, 5) is 12.9. The Morgan fingerprint density at radius 2 is 1.87 bits per heavy atom. The summed E-state index contributed by atoms with van der Waals surface area (Å²) < 4.78 is 33.7. The zero-order valence-corrected chi connectivity index (χ0v) is 17.2. The molecule has 0 spiro atoms. The number of esters is 1. The van der Waals surface area contributed by atoms with E-state index in [-0.39, 0.29) is 6.79 Å². The van der Waals surface area contributed by atoms with Gasteiger partial charge in [0.1, 0.15) is 22.8 Å². The SMILES string of the molecule is CCCCOC1=C(C(=O)OC)C(c2ccc3c(c2)OCO3)Oc2ccc(OC)cc21. The second kappa shape index (κ2) is 8.57. The molecule has 4 rings (SSSR count). The number of unbranched alkanes of at least 4 members (excludes halogenated alkanes) is 1. The third-order valence-corrected chi connectivity index (χ3v) is 5.03. The maximum absolute atomic E-state index is 12.9. The van der Waals surface area contributed by atoms with Crippen LogP contribution in [-0.2, 0) is 14.3 Å². The first-order valence-electron chi connectivity index (χ1n) is 9.86. The molecule has 0 saturated carbocycles. The Hall–Kier alpha value is -3.35. The average Bonchev–Trinajstić information content (AvgIpc) is 3.25. The second-order valence-electron chi connectivity index (χ2n) is 6.91. The molecule has 1 unspecified atom stereocenters. The highest BCUT2D eigenvalue weighted by Gasteiger charge is 2.37. The van der Waals surface area contributed by atoms with Gasteiger partial charge in [0.25, 0.3) is 0 Å². The van der Waals surface area contributed by atoms with E-state index < -0.39 is 12.1 Å². The Morgan fingerprint density at radius 3 is 2.63 bits per heavy atom. The van der Waals surface area contributed by atoms with Gasteiger partial charge in [-0.25, -0.2) is 4.79 Å². The molecule has 2 aliphatic heterocycles. The van der Waals surface area contributed by atoms with Crippen LogP contribution in [0.25, 0.3) is 5.76 Å². The third kappa shape index (κ3) is 3.63. The highest BCUT2D eigenvalue weighted by molar-refractivity contribution is 5.99. The lowest BCUT2D eigenvalue weighted by molar-refractivity contribution is -0.137. The van der Waals surface area contributed by atoms with Gasteiger partial charge in [-0.05, 0) is 36.8 Å². The molecular formula is C23H24O7. The van der Waals surface area contributed by atoms with Gasteiger partial charge in [0, 0.05) is 5.56 Å². The summed E-state index contributed by atoms with van der Waals surface area (Å²) in [5.41, 5.74) is 1.69. The van der Waals surface area contributed by atoms with E-state index in [0.717, 1.165) is 18.4 Å². The molecule has 7 heteroatoms. The van der Waals surface area contributed by atoms with E-state index in [1.54, 1.807) is 19.2 Å². The first-order chi connectivity index (χ1) is 14.7. The summed E-state index contributed by atoms with van der Waals surface area (Å²) >= 11 is 0. The van der Waals surface area contributed by atoms with E-state index in [9.17, 15) is 4.79 Å². The number of ether oxygens (including phenoxy) is 6. The van der Waals surface area contributed by atoms with Crippen LogP contribution in [0.1, 0.15) is 37.0 Å². The maximum Gasteiger partial charge on any atom is 0.341 e. The van der Waals surface area contributed by atoms with Crippen LogP contribution in [0.15, 0.2) is 42.0 Å². The predicted octanol–water partition coefficient (Wildman–Crippen LogP) is 4.26. The number of rotatable bonds is 7. The van der Waals surface area contributed by atoms with Crippen molar-refractivity contribution in [2.45, 2.75) is 25.9 Å². The quantitative estimate of drug-likeness (QED) is 0.497. The Balaban J connectivity index is 1.85. The van der Waals surface area contributed by atoms with Crippen LogP contribution in [0, 0.1) is 0 Å². The second-order valence-corrected chi connectivity index (χ2v) is 6.91. The van der Waals surface area contributed by atoms with Gasteiger partial charge in [0.05, 0.1) is 26.4 Å². The molecule has 30 heavy (non-hydrogen) atoms. The predicted molar refractivity (Wildman–Crippen MR) is 109 cm³/mol. The van der Waals surface area contributed by atoms with Crippen LogP contribution >= 0.6 is 0 Å². The highest BCUT2D eigenvalue weighted by Crippen LogP contribution is 2.46. The molecule has 0 amide bonds. The van der Waals surface area contributed by atoms with Crippen molar-refractivity contribution in [1.82, 2.24) is 0 Å². The summed E-state index contributed by atoms with van der Waals surface area (Å²) in [6.45, 7) is 2.71. The Bertz CT molecular complexity index is 980. The van der Waals surface area contributed by atoms with Gasteiger partial charge >= 0.3 is 5.97 Å². The van der Waals surface area contributed by atoms with Crippen LogP contribution in [0.4, 0.5) is 0 Å². The molecule has 0 N–H and O–H groups in total. The fourth-order valence-corrected chi connectivity index (χ4v) is 3.46. The molecule has 0 radical (unpaired) electrons. The van der Waals surface area contributed by atoms with Crippen molar-refractivity contribution in [3.05, 3.63) is 53.1 Å². The highest BCUT2D eigenvalue weighted by atomic mass is 16.7. The minimum absolute atomic E-state index is 0.165. The molecule has 2 aromatic rings. The van der Waals surface area contributed by atoms with E-state index in [1.165, 1.54) is 7.11 Å². The monoisotopic (exact) mass is 412 g/mol. The van der Waals surface area contributed by atoms with Gasteiger partial charge in [0.2, 0.25) is 6.79 Å². The molecule has 2 aromatic carbocycles. The fraction of sp³-hybridized carbons (Fsp3) is 0.348. The summed E-state index contributed by atoms with van der Waals surface area (Å²) in [5.74, 6) is 2.42. The van der Waals surface area contributed by atoms with Crippen molar-refractivity contribution >= 4 is 11.7 Å². The van der Waals surface area contributed by atoms with E-state index in [0.29, 0.717) is 46.5 Å². The number of hydrogen-bond acceptors (Lipinski definition) is 7. The Labute approximate surface area is 175 Å². The van der Waals surface area contributed by atoms with Crippen molar-refractivity contribution in [1.29, 1.82) is 0 Å². The molecular weight excluding hydrogens is 388 g/mol. The third-order valence-electron chi connectivity index (χ3n) is 5.03. The van der Waals surface area contributed by atoms with Crippen molar-refractivity contribution in [3.63, 3.8) is 0 Å². The van der Waals surface area contributed by atoms with Gasteiger partial charge in [-0.15, -0.1) is 0 Å². The zero-order chi connectivity index (χ0) is 21.1. The molecule has 0 fully saturated rings. The lowest BCUT2D eigenvalue weighted by Gasteiger charge is -2.30. The summed E-state index contributed by atoms with van der Waals surface area (Å²) in [6.07, 6.45) is 1.10. The molecule has 7 nitrogen and oxygen atoms in total. The number of carbonyl (C=O) groups is 1. The fourth-order valence-electron chi connectivity index (χ4n) is 3.46. The molecule has 1 atom stereocenters. The normalized spacial score (nSPS) is 16.6. The van der Waals surface area contributed by atoms with Crippen molar-refractivity contribution in [3.8, 4) is 23.0 Å². The van der Waals surface area contributed by atoms with Gasteiger partial charge < -0.3 is 28.4 Å². The number of methoxy groups -OCH3 is 2. The number of benzene rings is 2. The van der Waals surface area contributed by atoms with Crippen LogP contribution in [-0.4, -0.2) is 33.6 Å². The summed E-state index contributed by atoms with van der Waals surface area (Å²) in [7, 11) is 2.93. The maximum atomic E-state index is 12.9. The van der Waals surface area contributed by atoms with Crippen LogP contribution in [0.5, 0.6) is 23.0 Å². The van der Waals surface area contributed by atoms with Gasteiger partial charge in [-0.3, -0.25) is 0 Å². The smallest absolute Gasteiger partial charge is 0.341 e.